The van der Waals surface area contributed by atoms with E-state index in [-0.39, 0.29) is 5.57 Å². The van der Waals surface area contributed by atoms with Gasteiger partial charge in [0.25, 0.3) is 5.91 Å². The maximum atomic E-state index is 13.2. The molecular weight excluding hydrogens is 420 g/mol. The highest BCUT2D eigenvalue weighted by molar-refractivity contribution is 6.14. The van der Waals surface area contributed by atoms with Gasteiger partial charge in [0, 0.05) is 13.1 Å². The molecule has 1 aromatic heterocycles. The maximum Gasteiger partial charge on any atom is 0.290 e. The zero-order chi connectivity index (χ0) is 23.2. The smallest absolute Gasteiger partial charge is 0.290 e. The highest BCUT2D eigenvalue weighted by Crippen LogP contribution is 2.39. The summed E-state index contributed by atoms with van der Waals surface area (Å²) in [5, 5.41) is 10.7. The summed E-state index contributed by atoms with van der Waals surface area (Å²) in [5.74, 6) is -0.374. The minimum Gasteiger partial charge on any atom is -0.503 e. The average molecular weight is 449 g/mol. The summed E-state index contributed by atoms with van der Waals surface area (Å²) in [6, 6.07) is 9.99. The second kappa shape index (κ2) is 10.4. The number of hydrogen-bond donors (Lipinski definition) is 1. The second-order valence-electron chi connectivity index (χ2n) is 8.10. The summed E-state index contributed by atoms with van der Waals surface area (Å²) in [5.41, 5.74) is 0.759. The number of allylic oxidation sites excluding steroid dienone is 1. The standard InChI is InChI=1S/C26H28N2O5/c1-2-16-32-21-8-5-7-19(18-21)24-23(22(29)11-10-20-9-6-17-33-20)25(30)26(31)28(24)15-14-27-12-3-4-13-27/h2,5-11,17-18,24,30H,1,3-4,12-16H2/b11-10+. The first kappa shape index (κ1) is 22.6. The van der Waals surface area contributed by atoms with Crippen LogP contribution in [0.2, 0.25) is 0 Å². The number of carbonyl (C=O) groups excluding carboxylic acids is 2. The Morgan fingerprint density at radius 3 is 2.76 bits per heavy atom. The molecule has 2 aliphatic rings. The van der Waals surface area contributed by atoms with E-state index >= 15 is 0 Å². The van der Waals surface area contributed by atoms with Crippen LogP contribution in [0.15, 0.2) is 77.1 Å². The van der Waals surface area contributed by atoms with Crippen molar-refractivity contribution in [2.45, 2.75) is 18.9 Å². The van der Waals surface area contributed by atoms with Gasteiger partial charge in [-0.05, 0) is 67.9 Å². The Morgan fingerprint density at radius 1 is 1.21 bits per heavy atom. The van der Waals surface area contributed by atoms with Crippen molar-refractivity contribution in [1.82, 2.24) is 9.80 Å². The Morgan fingerprint density at radius 2 is 2.03 bits per heavy atom. The molecule has 0 aliphatic carbocycles. The van der Waals surface area contributed by atoms with Crippen molar-refractivity contribution in [2.75, 3.05) is 32.8 Å². The number of amides is 1. The van der Waals surface area contributed by atoms with Gasteiger partial charge < -0.3 is 24.1 Å². The van der Waals surface area contributed by atoms with Crippen LogP contribution in [0.5, 0.6) is 5.75 Å². The molecule has 2 aliphatic heterocycles. The van der Waals surface area contributed by atoms with E-state index in [1.54, 1.807) is 35.2 Å². The van der Waals surface area contributed by atoms with E-state index in [1.165, 1.54) is 18.4 Å². The molecule has 0 radical (unpaired) electrons. The monoisotopic (exact) mass is 448 g/mol. The molecule has 1 aromatic carbocycles. The van der Waals surface area contributed by atoms with E-state index in [4.69, 9.17) is 9.15 Å². The molecule has 3 heterocycles. The van der Waals surface area contributed by atoms with Gasteiger partial charge in [-0.1, -0.05) is 24.8 Å². The van der Waals surface area contributed by atoms with Gasteiger partial charge in [-0.2, -0.15) is 0 Å². The van der Waals surface area contributed by atoms with E-state index in [1.807, 2.05) is 12.1 Å². The molecule has 1 unspecified atom stereocenters. The lowest BCUT2D eigenvalue weighted by Crippen LogP contribution is -2.37. The van der Waals surface area contributed by atoms with Crippen molar-refractivity contribution >= 4 is 17.8 Å². The highest BCUT2D eigenvalue weighted by atomic mass is 16.5. The van der Waals surface area contributed by atoms with Crippen LogP contribution in [0.25, 0.3) is 6.08 Å². The van der Waals surface area contributed by atoms with Gasteiger partial charge >= 0.3 is 0 Å². The van der Waals surface area contributed by atoms with Gasteiger partial charge in [-0.25, -0.2) is 0 Å². The SMILES string of the molecule is C=CCOc1cccc(C2C(C(=O)/C=C/c3ccco3)=C(O)C(=O)N2CCN2CCCC2)c1. The van der Waals surface area contributed by atoms with Crippen molar-refractivity contribution in [3.63, 3.8) is 0 Å². The lowest BCUT2D eigenvalue weighted by Gasteiger charge is -2.28. The molecule has 7 heteroatoms. The number of carbonyl (C=O) groups is 2. The Labute approximate surface area is 193 Å². The molecule has 0 saturated carbocycles. The van der Waals surface area contributed by atoms with Crippen LogP contribution in [0.3, 0.4) is 0 Å². The third-order valence-electron chi connectivity index (χ3n) is 5.91. The highest BCUT2D eigenvalue weighted by Gasteiger charge is 2.43. The first-order valence-corrected chi connectivity index (χ1v) is 11.1. The fraction of sp³-hybridized carbons (Fsp3) is 0.308. The van der Waals surface area contributed by atoms with Crippen LogP contribution in [0, 0.1) is 0 Å². The lowest BCUT2D eigenvalue weighted by molar-refractivity contribution is -0.129. The molecule has 1 N–H and O–H groups in total. The number of ether oxygens (including phenoxy) is 1. The van der Waals surface area contributed by atoms with Crippen molar-refractivity contribution in [2.24, 2.45) is 0 Å². The number of likely N-dealkylation sites (tertiary alicyclic amines) is 1. The molecule has 7 nitrogen and oxygen atoms in total. The molecule has 1 atom stereocenters. The van der Waals surface area contributed by atoms with Crippen LogP contribution in [-0.4, -0.2) is 59.4 Å². The Kier molecular flexibility index (Phi) is 7.10. The number of furan rings is 1. The van der Waals surface area contributed by atoms with E-state index < -0.39 is 23.5 Å². The van der Waals surface area contributed by atoms with Crippen LogP contribution in [-0.2, 0) is 9.59 Å². The zero-order valence-corrected chi connectivity index (χ0v) is 18.5. The van der Waals surface area contributed by atoms with Crippen LogP contribution in [0.1, 0.15) is 30.2 Å². The molecule has 1 amide bonds. The number of aliphatic hydroxyl groups is 1. The van der Waals surface area contributed by atoms with Gasteiger partial charge in [-0.15, -0.1) is 0 Å². The number of rotatable bonds is 10. The van der Waals surface area contributed by atoms with Crippen LogP contribution >= 0.6 is 0 Å². The lowest BCUT2D eigenvalue weighted by atomic mass is 9.95. The van der Waals surface area contributed by atoms with Crippen LogP contribution < -0.4 is 4.74 Å². The first-order valence-electron chi connectivity index (χ1n) is 11.1. The molecule has 1 saturated heterocycles. The molecule has 33 heavy (non-hydrogen) atoms. The molecule has 2 aromatic rings. The van der Waals surface area contributed by atoms with Gasteiger partial charge in [0.2, 0.25) is 0 Å². The quantitative estimate of drug-likeness (QED) is 0.438. The maximum absolute atomic E-state index is 13.2. The number of ketones is 1. The number of nitrogens with zero attached hydrogens (tertiary/aromatic N) is 2. The summed E-state index contributed by atoms with van der Waals surface area (Å²) in [4.78, 5) is 30.1. The molecule has 172 valence electrons. The average Bonchev–Trinajstić information content (AvgIpc) is 3.58. The van der Waals surface area contributed by atoms with Gasteiger partial charge in [0.15, 0.2) is 11.5 Å². The number of aliphatic hydroxyl groups excluding tert-OH is 1. The minimum absolute atomic E-state index is 0.0603. The van der Waals surface area contributed by atoms with E-state index in [0.717, 1.165) is 25.9 Å². The first-order chi connectivity index (χ1) is 16.1. The molecule has 1 fully saturated rings. The van der Waals surface area contributed by atoms with Crippen molar-refractivity contribution in [3.05, 3.63) is 84.0 Å². The van der Waals surface area contributed by atoms with E-state index in [2.05, 4.69) is 11.5 Å². The zero-order valence-electron chi connectivity index (χ0n) is 18.5. The summed E-state index contributed by atoms with van der Waals surface area (Å²) in [6.45, 7) is 7.08. The van der Waals surface area contributed by atoms with Crippen molar-refractivity contribution in [3.8, 4) is 5.75 Å². The Bertz CT molecular complexity index is 1060. The minimum atomic E-state index is -0.707. The second-order valence-corrected chi connectivity index (χ2v) is 8.10. The van der Waals surface area contributed by atoms with Crippen molar-refractivity contribution in [1.29, 1.82) is 0 Å². The fourth-order valence-corrected chi connectivity index (χ4v) is 4.30. The molecule has 4 rings (SSSR count). The topological polar surface area (TPSA) is 83.2 Å². The van der Waals surface area contributed by atoms with E-state index in [0.29, 0.717) is 36.8 Å². The van der Waals surface area contributed by atoms with Crippen LogP contribution in [0.4, 0.5) is 0 Å². The number of hydrogen-bond acceptors (Lipinski definition) is 6. The summed E-state index contributed by atoms with van der Waals surface area (Å²) >= 11 is 0. The fourth-order valence-electron chi connectivity index (χ4n) is 4.30. The van der Waals surface area contributed by atoms with Gasteiger partial charge in [0.1, 0.15) is 18.1 Å². The third kappa shape index (κ3) is 5.09. The van der Waals surface area contributed by atoms with Crippen molar-refractivity contribution < 1.29 is 23.8 Å². The van der Waals surface area contributed by atoms with E-state index in [9.17, 15) is 14.7 Å². The summed E-state index contributed by atoms with van der Waals surface area (Å²) in [6.07, 6.45) is 8.30. The normalized spacial score (nSPS) is 19.1. The Balaban J connectivity index is 1.65. The van der Waals surface area contributed by atoms with Gasteiger partial charge in [0.05, 0.1) is 17.9 Å². The Hall–Kier alpha value is -3.58. The number of benzene rings is 1. The summed E-state index contributed by atoms with van der Waals surface area (Å²) < 4.78 is 10.9. The van der Waals surface area contributed by atoms with Gasteiger partial charge in [-0.3, -0.25) is 9.59 Å². The molecular formula is C26H28N2O5. The largest absolute Gasteiger partial charge is 0.503 e. The predicted octanol–water partition coefficient (Wildman–Crippen LogP) is 3.92. The predicted molar refractivity (Wildman–Crippen MR) is 125 cm³/mol. The summed E-state index contributed by atoms with van der Waals surface area (Å²) in [7, 11) is 0. The third-order valence-corrected chi connectivity index (χ3v) is 5.91. The molecule has 0 bridgehead atoms. The molecule has 0 spiro atoms.